The second-order valence-electron chi connectivity index (χ2n) is 4.65. The molecule has 82 valence electrons. The largest absolute Gasteiger partial charge is 0.299 e. The number of hydrogen-bond donors (Lipinski definition) is 1. The third-order valence-electron chi connectivity index (χ3n) is 3.08. The van der Waals surface area contributed by atoms with Crippen molar-refractivity contribution in [3.8, 4) is 0 Å². The van der Waals surface area contributed by atoms with Gasteiger partial charge in [0, 0.05) is 18.0 Å². The second kappa shape index (κ2) is 5.04. The third kappa shape index (κ3) is 3.25. The van der Waals surface area contributed by atoms with Crippen LogP contribution in [0.25, 0.3) is 0 Å². The zero-order valence-corrected chi connectivity index (χ0v) is 10.2. The lowest BCUT2D eigenvalue weighted by molar-refractivity contribution is 0.176. The Labute approximate surface area is 97.9 Å². The summed E-state index contributed by atoms with van der Waals surface area (Å²) < 4.78 is 0. The predicted molar refractivity (Wildman–Crippen MR) is 67.4 cm³/mol. The molecule has 1 unspecified atom stereocenters. The second-order valence-corrected chi connectivity index (χ2v) is 5.17. The van der Waals surface area contributed by atoms with Crippen molar-refractivity contribution in [2.75, 3.05) is 13.1 Å². The molecular weight excluding hydrogens is 202 g/mol. The van der Waals surface area contributed by atoms with Gasteiger partial charge in [-0.2, -0.15) is 0 Å². The molecule has 1 aliphatic rings. The smallest absolute Gasteiger partial charge is 0.0233 e. The minimum Gasteiger partial charge on any atom is -0.299 e. The molecule has 1 aliphatic heterocycles. The predicted octanol–water partition coefficient (Wildman–Crippen LogP) is 3.21. The molecule has 0 bridgehead atoms. The van der Waals surface area contributed by atoms with Crippen LogP contribution in [0.1, 0.15) is 25.3 Å². The Kier molecular flexibility index (Phi) is 3.71. The van der Waals surface area contributed by atoms with Gasteiger partial charge in [-0.3, -0.25) is 4.90 Å². The molecule has 1 heterocycles. The fourth-order valence-electron chi connectivity index (χ4n) is 2.29. The van der Waals surface area contributed by atoms with E-state index < -0.39 is 0 Å². The van der Waals surface area contributed by atoms with Crippen molar-refractivity contribution in [3.63, 3.8) is 0 Å². The highest BCUT2D eigenvalue weighted by Crippen LogP contribution is 2.18. The number of hydrogen-bond acceptors (Lipinski definition) is 2. The summed E-state index contributed by atoms with van der Waals surface area (Å²) in [7, 11) is 0. The van der Waals surface area contributed by atoms with Gasteiger partial charge in [0.1, 0.15) is 0 Å². The molecule has 0 radical (unpaired) electrons. The first-order chi connectivity index (χ1) is 7.24. The van der Waals surface area contributed by atoms with Crippen LogP contribution in [-0.4, -0.2) is 18.0 Å². The van der Waals surface area contributed by atoms with Gasteiger partial charge in [0.05, 0.1) is 0 Å². The molecule has 1 aromatic rings. The van der Waals surface area contributed by atoms with Crippen molar-refractivity contribution >= 4 is 12.6 Å². The summed E-state index contributed by atoms with van der Waals surface area (Å²) in [5, 5.41) is 0. The van der Waals surface area contributed by atoms with Crippen LogP contribution in [0.2, 0.25) is 0 Å². The summed E-state index contributed by atoms with van der Waals surface area (Å²) >= 11 is 4.30. The summed E-state index contributed by atoms with van der Waals surface area (Å²) in [5.41, 5.74) is 1.40. The highest BCUT2D eigenvalue weighted by Gasteiger charge is 2.15. The monoisotopic (exact) mass is 221 g/mol. The van der Waals surface area contributed by atoms with Crippen molar-refractivity contribution in [3.05, 3.63) is 29.8 Å². The number of benzene rings is 1. The van der Waals surface area contributed by atoms with Crippen LogP contribution in [-0.2, 0) is 6.54 Å². The summed E-state index contributed by atoms with van der Waals surface area (Å²) in [5.74, 6) is 0.864. The normalized spacial score (nSPS) is 22.9. The maximum absolute atomic E-state index is 4.30. The maximum atomic E-state index is 4.30. The van der Waals surface area contributed by atoms with E-state index >= 15 is 0 Å². The third-order valence-corrected chi connectivity index (χ3v) is 3.38. The molecule has 1 fully saturated rings. The molecular formula is C13H19NS. The lowest BCUT2D eigenvalue weighted by Gasteiger charge is -2.30. The Hall–Kier alpha value is -0.470. The van der Waals surface area contributed by atoms with E-state index in [4.69, 9.17) is 0 Å². The number of nitrogens with zero attached hydrogens (tertiary/aromatic N) is 1. The van der Waals surface area contributed by atoms with Crippen LogP contribution < -0.4 is 0 Å². The first-order valence-corrected chi connectivity index (χ1v) is 6.19. The molecule has 0 spiro atoms. The van der Waals surface area contributed by atoms with Gasteiger partial charge in [-0.1, -0.05) is 19.1 Å². The van der Waals surface area contributed by atoms with Gasteiger partial charge >= 0.3 is 0 Å². The van der Waals surface area contributed by atoms with E-state index in [1.165, 1.54) is 31.5 Å². The summed E-state index contributed by atoms with van der Waals surface area (Å²) in [4.78, 5) is 3.60. The van der Waals surface area contributed by atoms with Crippen LogP contribution in [0, 0.1) is 5.92 Å². The number of piperidine rings is 1. The van der Waals surface area contributed by atoms with E-state index in [-0.39, 0.29) is 0 Å². The number of likely N-dealkylation sites (tertiary alicyclic amines) is 1. The van der Waals surface area contributed by atoms with E-state index in [2.05, 4.69) is 48.7 Å². The fourth-order valence-corrected chi connectivity index (χ4v) is 2.44. The summed E-state index contributed by atoms with van der Waals surface area (Å²) in [6.07, 6.45) is 2.75. The highest BCUT2D eigenvalue weighted by molar-refractivity contribution is 7.80. The average Bonchev–Trinajstić information content (AvgIpc) is 2.22. The van der Waals surface area contributed by atoms with Gasteiger partial charge in [0.15, 0.2) is 0 Å². The molecule has 1 saturated heterocycles. The summed E-state index contributed by atoms with van der Waals surface area (Å²) in [6, 6.07) is 8.51. The molecule has 0 amide bonds. The van der Waals surface area contributed by atoms with Gasteiger partial charge in [-0.05, 0) is 43.0 Å². The Bertz CT molecular complexity index is 307. The molecule has 1 atom stereocenters. The zero-order chi connectivity index (χ0) is 10.7. The Morgan fingerprint density at radius 1 is 1.33 bits per heavy atom. The van der Waals surface area contributed by atoms with E-state index in [1.54, 1.807) is 0 Å². The summed E-state index contributed by atoms with van der Waals surface area (Å²) in [6.45, 7) is 5.96. The standard InChI is InChI=1S/C13H19NS/c1-11-3-2-8-14(9-11)10-12-4-6-13(15)7-5-12/h4-7,11,15H,2-3,8-10H2,1H3. The van der Waals surface area contributed by atoms with Crippen molar-refractivity contribution in [2.45, 2.75) is 31.2 Å². The quantitative estimate of drug-likeness (QED) is 0.751. The SMILES string of the molecule is CC1CCCN(Cc2ccc(S)cc2)C1. The van der Waals surface area contributed by atoms with E-state index in [0.29, 0.717) is 0 Å². The van der Waals surface area contributed by atoms with E-state index in [0.717, 1.165) is 17.4 Å². The zero-order valence-electron chi connectivity index (χ0n) is 9.32. The van der Waals surface area contributed by atoms with Gasteiger partial charge < -0.3 is 0 Å². The van der Waals surface area contributed by atoms with Crippen LogP contribution in [0.15, 0.2) is 29.2 Å². The average molecular weight is 221 g/mol. The molecule has 1 nitrogen and oxygen atoms in total. The molecule has 0 aromatic heterocycles. The van der Waals surface area contributed by atoms with Gasteiger partial charge in [0.25, 0.3) is 0 Å². The minimum atomic E-state index is 0.864. The fraction of sp³-hybridized carbons (Fsp3) is 0.538. The van der Waals surface area contributed by atoms with Crippen molar-refractivity contribution in [2.24, 2.45) is 5.92 Å². The Morgan fingerprint density at radius 3 is 2.73 bits per heavy atom. The van der Waals surface area contributed by atoms with Crippen molar-refractivity contribution in [1.29, 1.82) is 0 Å². The Morgan fingerprint density at radius 2 is 2.07 bits per heavy atom. The lowest BCUT2D eigenvalue weighted by atomic mass is 10.00. The molecule has 2 heteroatoms. The van der Waals surface area contributed by atoms with Crippen LogP contribution >= 0.6 is 12.6 Å². The van der Waals surface area contributed by atoms with E-state index in [1.807, 2.05) is 0 Å². The molecule has 0 saturated carbocycles. The number of rotatable bonds is 2. The van der Waals surface area contributed by atoms with Gasteiger partial charge in [-0.25, -0.2) is 0 Å². The van der Waals surface area contributed by atoms with Crippen LogP contribution in [0.5, 0.6) is 0 Å². The van der Waals surface area contributed by atoms with Crippen LogP contribution in [0.3, 0.4) is 0 Å². The molecule has 1 aromatic carbocycles. The molecule has 0 N–H and O–H groups in total. The lowest BCUT2D eigenvalue weighted by Crippen LogP contribution is -2.33. The number of thiol groups is 1. The molecule has 15 heavy (non-hydrogen) atoms. The first-order valence-electron chi connectivity index (χ1n) is 5.74. The first kappa shape index (κ1) is 11.0. The molecule has 0 aliphatic carbocycles. The molecule has 2 rings (SSSR count). The van der Waals surface area contributed by atoms with Gasteiger partial charge in [-0.15, -0.1) is 12.6 Å². The van der Waals surface area contributed by atoms with Gasteiger partial charge in [0.2, 0.25) is 0 Å². The van der Waals surface area contributed by atoms with E-state index in [9.17, 15) is 0 Å². The minimum absolute atomic E-state index is 0.864. The van der Waals surface area contributed by atoms with Crippen molar-refractivity contribution < 1.29 is 0 Å². The van der Waals surface area contributed by atoms with Crippen molar-refractivity contribution in [1.82, 2.24) is 4.90 Å². The van der Waals surface area contributed by atoms with Crippen LogP contribution in [0.4, 0.5) is 0 Å². The topological polar surface area (TPSA) is 3.24 Å². The Balaban J connectivity index is 1.93. The highest BCUT2D eigenvalue weighted by atomic mass is 32.1. The maximum Gasteiger partial charge on any atom is 0.0233 e.